The third-order valence-corrected chi connectivity index (χ3v) is 4.32. The monoisotopic (exact) mass is 320 g/mol. The summed E-state index contributed by atoms with van der Waals surface area (Å²) in [7, 11) is 1.56. The molecule has 0 unspecified atom stereocenters. The van der Waals surface area contributed by atoms with Crippen molar-refractivity contribution in [1.29, 1.82) is 0 Å². The topological polar surface area (TPSA) is 46.5 Å². The molecule has 0 heterocycles. The zero-order valence-corrected chi connectivity index (χ0v) is 15.0. The van der Waals surface area contributed by atoms with Crippen LogP contribution in [-0.2, 0) is 0 Å². The van der Waals surface area contributed by atoms with E-state index in [0.29, 0.717) is 17.7 Å². The number of hydrogen-bond acceptors (Lipinski definition) is 3. The predicted octanol–water partition coefficient (Wildman–Crippen LogP) is 5.81. The summed E-state index contributed by atoms with van der Waals surface area (Å²) in [6.45, 7) is 4.12. The van der Waals surface area contributed by atoms with Crippen molar-refractivity contribution >= 4 is 5.78 Å². The van der Waals surface area contributed by atoms with E-state index in [1.165, 1.54) is 51.0 Å². The highest BCUT2D eigenvalue weighted by Crippen LogP contribution is 2.28. The zero-order valence-electron chi connectivity index (χ0n) is 15.0. The molecule has 0 aromatic heterocycles. The minimum absolute atomic E-state index is 0.0216. The first-order chi connectivity index (χ1) is 11.1. The van der Waals surface area contributed by atoms with Gasteiger partial charge in [-0.25, -0.2) is 0 Å². The van der Waals surface area contributed by atoms with E-state index in [1.807, 2.05) is 6.92 Å². The van der Waals surface area contributed by atoms with Crippen molar-refractivity contribution in [2.75, 3.05) is 7.11 Å². The first-order valence-corrected chi connectivity index (χ1v) is 9.01. The van der Waals surface area contributed by atoms with Gasteiger partial charge in [0.1, 0.15) is 11.5 Å². The van der Waals surface area contributed by atoms with Crippen molar-refractivity contribution in [1.82, 2.24) is 0 Å². The fraction of sp³-hybridized carbons (Fsp3) is 0.650. The van der Waals surface area contributed by atoms with Crippen molar-refractivity contribution < 1.29 is 14.6 Å². The van der Waals surface area contributed by atoms with Crippen LogP contribution < -0.4 is 4.74 Å². The van der Waals surface area contributed by atoms with Crippen LogP contribution in [0.4, 0.5) is 0 Å². The lowest BCUT2D eigenvalue weighted by Gasteiger charge is -2.09. The van der Waals surface area contributed by atoms with Crippen LogP contribution in [0.1, 0.15) is 87.1 Å². The van der Waals surface area contributed by atoms with Crippen molar-refractivity contribution in [3.63, 3.8) is 0 Å². The average Bonchev–Trinajstić information content (AvgIpc) is 2.54. The van der Waals surface area contributed by atoms with Crippen LogP contribution in [0.25, 0.3) is 0 Å². The molecule has 0 amide bonds. The average molecular weight is 320 g/mol. The first-order valence-electron chi connectivity index (χ1n) is 9.01. The standard InChI is InChI=1S/C20H32O3/c1-4-5-6-7-8-9-10-11-12-13-18(21)17-14-16(2)20(23-3)15-19(17)22/h14-15,22H,4-13H2,1-3H3. The van der Waals surface area contributed by atoms with E-state index in [4.69, 9.17) is 4.74 Å². The van der Waals surface area contributed by atoms with Gasteiger partial charge in [-0.05, 0) is 25.0 Å². The number of ketones is 1. The number of phenols is 1. The van der Waals surface area contributed by atoms with Crippen LogP contribution in [0, 0.1) is 6.92 Å². The minimum atomic E-state index is 0.0216. The Hall–Kier alpha value is -1.51. The van der Waals surface area contributed by atoms with Crippen molar-refractivity contribution in [3.05, 3.63) is 23.3 Å². The SMILES string of the molecule is CCCCCCCCCCCC(=O)c1cc(C)c(OC)cc1O. The van der Waals surface area contributed by atoms with Gasteiger partial charge in [-0.2, -0.15) is 0 Å². The number of hydrogen-bond donors (Lipinski definition) is 1. The summed E-state index contributed by atoms with van der Waals surface area (Å²) in [6, 6.07) is 3.25. The summed E-state index contributed by atoms with van der Waals surface area (Å²) in [5, 5.41) is 9.96. The van der Waals surface area contributed by atoms with Gasteiger partial charge in [-0.15, -0.1) is 0 Å². The molecule has 23 heavy (non-hydrogen) atoms. The molecule has 0 radical (unpaired) electrons. The number of benzene rings is 1. The maximum Gasteiger partial charge on any atom is 0.166 e. The lowest BCUT2D eigenvalue weighted by Crippen LogP contribution is -2.01. The Morgan fingerprint density at radius 3 is 2.13 bits per heavy atom. The molecule has 0 aliphatic rings. The molecule has 0 saturated carbocycles. The lowest BCUT2D eigenvalue weighted by atomic mass is 10.0. The molecule has 0 aliphatic carbocycles. The third-order valence-electron chi connectivity index (χ3n) is 4.32. The van der Waals surface area contributed by atoms with E-state index in [1.54, 1.807) is 13.2 Å². The second-order valence-electron chi connectivity index (χ2n) is 6.34. The minimum Gasteiger partial charge on any atom is -0.507 e. The van der Waals surface area contributed by atoms with Crippen LogP contribution in [0.2, 0.25) is 0 Å². The molecule has 0 fully saturated rings. The van der Waals surface area contributed by atoms with Crippen molar-refractivity contribution in [2.24, 2.45) is 0 Å². The molecule has 130 valence electrons. The van der Waals surface area contributed by atoms with Crippen molar-refractivity contribution in [3.8, 4) is 11.5 Å². The number of carbonyl (C=O) groups is 1. The summed E-state index contributed by atoms with van der Waals surface area (Å²) in [5.74, 6) is 0.659. The summed E-state index contributed by atoms with van der Waals surface area (Å²) in [6.07, 6.45) is 11.6. The van der Waals surface area contributed by atoms with Gasteiger partial charge >= 0.3 is 0 Å². The fourth-order valence-corrected chi connectivity index (χ4v) is 2.85. The molecule has 1 N–H and O–H groups in total. The molecule has 0 bridgehead atoms. The number of phenolic OH excluding ortho intramolecular Hbond substituents is 1. The molecule has 1 aromatic rings. The second kappa shape index (κ2) is 11.1. The largest absolute Gasteiger partial charge is 0.507 e. The lowest BCUT2D eigenvalue weighted by molar-refractivity contribution is 0.0976. The summed E-state index contributed by atoms with van der Waals surface area (Å²) >= 11 is 0. The van der Waals surface area contributed by atoms with Gasteiger partial charge in [0.2, 0.25) is 0 Å². The van der Waals surface area contributed by atoms with Gasteiger partial charge in [-0.3, -0.25) is 4.79 Å². The van der Waals surface area contributed by atoms with E-state index in [-0.39, 0.29) is 11.5 Å². The number of unbranched alkanes of at least 4 members (excludes halogenated alkanes) is 8. The summed E-state index contributed by atoms with van der Waals surface area (Å²) in [4.78, 5) is 12.2. The Kier molecular flexibility index (Phi) is 9.42. The number of rotatable bonds is 12. The number of aryl methyl sites for hydroxylation is 1. The van der Waals surface area contributed by atoms with Gasteiger partial charge in [0.15, 0.2) is 5.78 Å². The summed E-state index contributed by atoms with van der Waals surface area (Å²) < 4.78 is 5.15. The summed E-state index contributed by atoms with van der Waals surface area (Å²) in [5.41, 5.74) is 1.29. The molecule has 0 saturated heterocycles. The highest BCUT2D eigenvalue weighted by molar-refractivity contribution is 5.99. The van der Waals surface area contributed by atoms with Crippen LogP contribution in [-0.4, -0.2) is 18.0 Å². The van der Waals surface area contributed by atoms with Gasteiger partial charge < -0.3 is 9.84 Å². The fourth-order valence-electron chi connectivity index (χ4n) is 2.85. The number of Topliss-reactive ketones (excluding diaryl/α,β-unsaturated/α-hetero) is 1. The van der Waals surface area contributed by atoms with E-state index in [0.717, 1.165) is 18.4 Å². The van der Waals surface area contributed by atoms with Crippen LogP contribution >= 0.6 is 0 Å². The van der Waals surface area contributed by atoms with E-state index < -0.39 is 0 Å². The van der Waals surface area contributed by atoms with E-state index in [2.05, 4.69) is 6.92 Å². The van der Waals surface area contributed by atoms with Crippen LogP contribution in [0.15, 0.2) is 12.1 Å². The van der Waals surface area contributed by atoms with Gasteiger partial charge in [0.05, 0.1) is 12.7 Å². The molecule has 3 nitrogen and oxygen atoms in total. The smallest absolute Gasteiger partial charge is 0.166 e. The van der Waals surface area contributed by atoms with Crippen LogP contribution in [0.3, 0.4) is 0 Å². The Morgan fingerprint density at radius 2 is 1.57 bits per heavy atom. The Labute approximate surface area is 141 Å². The third kappa shape index (κ3) is 7.06. The number of carbonyl (C=O) groups excluding carboxylic acids is 1. The molecule has 0 aliphatic heterocycles. The number of aromatic hydroxyl groups is 1. The quantitative estimate of drug-likeness (QED) is 0.390. The maximum absolute atomic E-state index is 12.2. The van der Waals surface area contributed by atoms with Gasteiger partial charge in [-0.1, -0.05) is 58.3 Å². The maximum atomic E-state index is 12.2. The second-order valence-corrected chi connectivity index (χ2v) is 6.34. The van der Waals surface area contributed by atoms with E-state index in [9.17, 15) is 9.90 Å². The predicted molar refractivity (Wildman–Crippen MR) is 95.6 cm³/mol. The van der Waals surface area contributed by atoms with E-state index >= 15 is 0 Å². The highest BCUT2D eigenvalue weighted by atomic mass is 16.5. The first kappa shape index (κ1) is 19.5. The molecular formula is C20H32O3. The van der Waals surface area contributed by atoms with Gasteiger partial charge in [0.25, 0.3) is 0 Å². The Morgan fingerprint density at radius 1 is 1.00 bits per heavy atom. The molecule has 0 atom stereocenters. The highest BCUT2D eigenvalue weighted by Gasteiger charge is 2.13. The number of methoxy groups -OCH3 is 1. The Bertz CT molecular complexity index is 480. The van der Waals surface area contributed by atoms with Crippen LogP contribution in [0.5, 0.6) is 11.5 Å². The molecule has 3 heteroatoms. The normalized spacial score (nSPS) is 10.7. The van der Waals surface area contributed by atoms with Crippen molar-refractivity contribution in [2.45, 2.75) is 78.1 Å². The molecular weight excluding hydrogens is 288 g/mol. The molecule has 0 spiro atoms. The zero-order chi connectivity index (χ0) is 17.1. The molecule has 1 aromatic carbocycles. The van der Waals surface area contributed by atoms with Gasteiger partial charge in [0, 0.05) is 12.5 Å². The molecule has 1 rings (SSSR count). The number of ether oxygens (including phenoxy) is 1. The Balaban J connectivity index is 2.26.